The van der Waals surface area contributed by atoms with Crippen LogP contribution >= 0.6 is 0 Å². The van der Waals surface area contributed by atoms with E-state index in [1.165, 1.54) is 12.1 Å². The molecule has 29 heavy (non-hydrogen) atoms. The highest BCUT2D eigenvalue weighted by atomic mass is 19.1. The minimum absolute atomic E-state index is 0.0772. The summed E-state index contributed by atoms with van der Waals surface area (Å²) in [6, 6.07) is 4.28. The van der Waals surface area contributed by atoms with Crippen LogP contribution in [0.3, 0.4) is 0 Å². The molecule has 1 aliphatic heterocycles. The number of pyridine rings is 1. The Balaban J connectivity index is 1.58. The van der Waals surface area contributed by atoms with Gasteiger partial charge in [0.05, 0.1) is 0 Å². The van der Waals surface area contributed by atoms with Crippen LogP contribution in [0.4, 0.5) is 20.8 Å². The monoisotopic (exact) mass is 400 g/mol. The molecule has 2 aromatic heterocycles. The number of H-pyrrole nitrogens is 1. The molecule has 1 aliphatic carbocycles. The van der Waals surface area contributed by atoms with E-state index >= 15 is 0 Å². The predicted octanol–water partition coefficient (Wildman–Crippen LogP) is 2.35. The van der Waals surface area contributed by atoms with Crippen molar-refractivity contribution in [1.29, 1.82) is 0 Å². The third-order valence-electron chi connectivity index (χ3n) is 4.93. The van der Waals surface area contributed by atoms with Gasteiger partial charge >= 0.3 is 6.09 Å². The molecule has 2 atom stereocenters. The molecule has 1 saturated carbocycles. The normalized spacial score (nSPS) is 23.5. The second-order valence-corrected chi connectivity index (χ2v) is 6.96. The summed E-state index contributed by atoms with van der Waals surface area (Å²) in [5, 5.41) is 15.2. The van der Waals surface area contributed by atoms with Crippen molar-refractivity contribution in [3.05, 3.63) is 47.6 Å². The van der Waals surface area contributed by atoms with Gasteiger partial charge in [-0.2, -0.15) is 5.10 Å². The second kappa shape index (κ2) is 8.29. The van der Waals surface area contributed by atoms with Gasteiger partial charge in [-0.1, -0.05) is 12.2 Å². The number of nitrogens with one attached hydrogen (secondary N) is 4. The fourth-order valence-electron chi connectivity index (χ4n) is 3.46. The van der Waals surface area contributed by atoms with Gasteiger partial charge in [0.2, 0.25) is 0 Å². The van der Waals surface area contributed by atoms with E-state index in [1.807, 2.05) is 0 Å². The van der Waals surface area contributed by atoms with Crippen LogP contribution in [0, 0.1) is 5.82 Å². The fraction of sp³-hybridized carbons (Fsp3) is 0.368. The number of fused-ring (bicyclic) bond motifs is 7. The van der Waals surface area contributed by atoms with Gasteiger partial charge in [-0.15, -0.1) is 0 Å². The number of nitrogens with zero attached hydrogens (tertiary/aromatic N) is 2. The van der Waals surface area contributed by atoms with Crippen molar-refractivity contribution in [3.63, 3.8) is 0 Å². The highest BCUT2D eigenvalue weighted by Gasteiger charge is 2.30. The molecule has 10 heteroatoms. The number of hydrogen-bond acceptors (Lipinski definition) is 6. The predicted molar refractivity (Wildman–Crippen MR) is 102 cm³/mol. The molecule has 1 fully saturated rings. The molecule has 0 aromatic carbocycles. The van der Waals surface area contributed by atoms with Gasteiger partial charge in [-0.3, -0.25) is 9.89 Å². The third-order valence-corrected chi connectivity index (χ3v) is 4.93. The van der Waals surface area contributed by atoms with Crippen LogP contribution in [0.15, 0.2) is 30.4 Å². The first-order valence-electron chi connectivity index (χ1n) is 9.45. The van der Waals surface area contributed by atoms with E-state index in [0.717, 1.165) is 18.5 Å². The van der Waals surface area contributed by atoms with E-state index in [4.69, 9.17) is 4.74 Å². The Kier molecular flexibility index (Phi) is 5.41. The van der Waals surface area contributed by atoms with Gasteiger partial charge in [0, 0.05) is 30.8 Å². The summed E-state index contributed by atoms with van der Waals surface area (Å²) in [4.78, 5) is 28.2. The third kappa shape index (κ3) is 4.53. The second-order valence-electron chi connectivity index (χ2n) is 6.96. The first-order chi connectivity index (χ1) is 14.1. The van der Waals surface area contributed by atoms with Gasteiger partial charge < -0.3 is 20.7 Å². The van der Waals surface area contributed by atoms with Crippen molar-refractivity contribution >= 4 is 23.6 Å². The number of anilines is 2. The lowest BCUT2D eigenvalue weighted by molar-refractivity contribution is 0.0951. The molecular formula is C19H21FN6O3. The lowest BCUT2D eigenvalue weighted by Crippen LogP contribution is -2.28. The number of amides is 2. The fourth-order valence-corrected chi connectivity index (χ4v) is 3.46. The molecule has 0 radical (unpaired) electrons. The first-order valence-corrected chi connectivity index (χ1v) is 9.45. The maximum atomic E-state index is 14.2. The lowest BCUT2D eigenvalue weighted by Gasteiger charge is -2.12. The maximum absolute atomic E-state index is 14.2. The summed E-state index contributed by atoms with van der Waals surface area (Å²) >= 11 is 0. The minimum atomic E-state index is -0.587. The van der Waals surface area contributed by atoms with Gasteiger partial charge in [-0.25, -0.2) is 14.2 Å². The van der Waals surface area contributed by atoms with Gasteiger partial charge in [0.1, 0.15) is 11.8 Å². The molecule has 2 aliphatic rings. The Morgan fingerprint density at radius 2 is 1.93 bits per heavy atom. The SMILES string of the molecule is O=C1NC/C=C/CNC(=O)c2ccc(F)c(n2)Nc2cc([nH]n2)C2CC[C@H](C2)O1. The van der Waals surface area contributed by atoms with Crippen LogP contribution in [-0.2, 0) is 4.74 Å². The molecule has 4 N–H and O–H groups in total. The summed E-state index contributed by atoms with van der Waals surface area (Å²) in [5.74, 6) is -0.551. The van der Waals surface area contributed by atoms with E-state index in [1.54, 1.807) is 18.2 Å². The van der Waals surface area contributed by atoms with Crippen LogP contribution in [0.25, 0.3) is 0 Å². The molecular weight excluding hydrogens is 379 g/mol. The Morgan fingerprint density at radius 3 is 2.79 bits per heavy atom. The van der Waals surface area contributed by atoms with Crippen molar-refractivity contribution in [2.75, 3.05) is 18.4 Å². The molecule has 0 saturated heterocycles. The zero-order chi connectivity index (χ0) is 20.2. The Hall–Kier alpha value is -3.43. The van der Waals surface area contributed by atoms with E-state index in [9.17, 15) is 14.0 Å². The minimum Gasteiger partial charge on any atom is -0.446 e. The summed E-state index contributed by atoms with van der Waals surface area (Å²) in [5.41, 5.74) is 0.950. The molecule has 152 valence electrons. The van der Waals surface area contributed by atoms with E-state index in [0.29, 0.717) is 12.2 Å². The number of rotatable bonds is 0. The van der Waals surface area contributed by atoms with Crippen LogP contribution in [-0.4, -0.2) is 46.4 Å². The zero-order valence-corrected chi connectivity index (χ0v) is 15.6. The van der Waals surface area contributed by atoms with E-state index < -0.39 is 17.8 Å². The number of hydrogen-bond donors (Lipinski definition) is 4. The average Bonchev–Trinajstić information content (AvgIpc) is 3.35. The molecule has 3 heterocycles. The van der Waals surface area contributed by atoms with Gasteiger partial charge in [0.25, 0.3) is 5.91 Å². The Morgan fingerprint density at radius 1 is 1.10 bits per heavy atom. The summed E-state index contributed by atoms with van der Waals surface area (Å²) < 4.78 is 19.6. The number of aromatic amines is 1. The molecule has 4 rings (SSSR count). The molecule has 2 aromatic rings. The lowest BCUT2D eigenvalue weighted by atomic mass is 10.0. The highest BCUT2D eigenvalue weighted by Crippen LogP contribution is 2.36. The van der Waals surface area contributed by atoms with E-state index in [-0.39, 0.29) is 36.6 Å². The molecule has 2 amide bonds. The largest absolute Gasteiger partial charge is 0.446 e. The number of ether oxygens (including phenoxy) is 1. The topological polar surface area (TPSA) is 121 Å². The quantitative estimate of drug-likeness (QED) is 0.504. The number of alkyl carbamates (subject to hydrolysis) is 1. The number of aromatic nitrogens is 3. The summed E-state index contributed by atoms with van der Waals surface area (Å²) in [7, 11) is 0. The molecule has 1 unspecified atom stereocenters. The number of halogens is 1. The Labute approximate surface area is 166 Å². The van der Waals surface area contributed by atoms with Crippen LogP contribution in [0.5, 0.6) is 0 Å². The smallest absolute Gasteiger partial charge is 0.407 e. The Bertz CT molecular complexity index is 944. The zero-order valence-electron chi connectivity index (χ0n) is 15.6. The number of carbonyl (C=O) groups is 2. The maximum Gasteiger partial charge on any atom is 0.407 e. The van der Waals surface area contributed by atoms with Gasteiger partial charge in [-0.05, 0) is 31.4 Å². The van der Waals surface area contributed by atoms with Crippen molar-refractivity contribution in [2.45, 2.75) is 31.3 Å². The summed E-state index contributed by atoms with van der Waals surface area (Å²) in [6.45, 7) is 0.530. The van der Waals surface area contributed by atoms with Crippen LogP contribution in [0.1, 0.15) is 41.4 Å². The molecule has 6 bridgehead atoms. The molecule has 0 spiro atoms. The van der Waals surface area contributed by atoms with Crippen molar-refractivity contribution in [2.24, 2.45) is 0 Å². The van der Waals surface area contributed by atoms with Gasteiger partial charge in [0.15, 0.2) is 17.5 Å². The van der Waals surface area contributed by atoms with Crippen molar-refractivity contribution in [3.8, 4) is 0 Å². The van der Waals surface area contributed by atoms with Crippen LogP contribution < -0.4 is 16.0 Å². The number of carbonyl (C=O) groups excluding carboxylic acids is 2. The summed E-state index contributed by atoms with van der Waals surface area (Å²) in [6.07, 6.45) is 5.08. The molecule has 9 nitrogen and oxygen atoms in total. The van der Waals surface area contributed by atoms with E-state index in [2.05, 4.69) is 31.1 Å². The average molecular weight is 400 g/mol. The van der Waals surface area contributed by atoms with Crippen molar-refractivity contribution < 1.29 is 18.7 Å². The van der Waals surface area contributed by atoms with Crippen LogP contribution in [0.2, 0.25) is 0 Å². The van der Waals surface area contributed by atoms with Crippen molar-refractivity contribution in [1.82, 2.24) is 25.8 Å². The first kappa shape index (κ1) is 18.9. The highest BCUT2D eigenvalue weighted by molar-refractivity contribution is 5.92. The standard InChI is InChI=1S/C19H21FN6O3/c20-13-5-6-14-18(27)21-7-1-2-8-22-19(28)29-12-4-3-11(9-12)15-10-16(26-25-15)24-17(13)23-14/h1-2,5-6,10-12H,3-4,7-9H2,(H,21,27)(H,22,28)(H2,23,24,25,26)/b2-1+/t11?,12-/m1/s1.